The Morgan fingerprint density at radius 3 is 2.61 bits per heavy atom. The summed E-state index contributed by atoms with van der Waals surface area (Å²) in [4.78, 5) is 59.4. The molecule has 0 saturated carbocycles. The first-order valence-corrected chi connectivity index (χ1v) is 9.53. The van der Waals surface area contributed by atoms with Gasteiger partial charge in [0, 0.05) is 37.5 Å². The first-order valence-electron chi connectivity index (χ1n) is 9.53. The number of hydrogen-bond donors (Lipinski definition) is 1. The van der Waals surface area contributed by atoms with Gasteiger partial charge < -0.3 is 19.6 Å². The maximum Gasteiger partial charge on any atom is 0.262 e. The van der Waals surface area contributed by atoms with Gasteiger partial charge in [0.05, 0.1) is 12.1 Å². The molecule has 2 fully saturated rings. The third kappa shape index (κ3) is 3.19. The lowest BCUT2D eigenvalue weighted by molar-refractivity contribution is -0.133. The zero-order valence-electron chi connectivity index (χ0n) is 15.7. The second kappa shape index (κ2) is 7.18. The van der Waals surface area contributed by atoms with Gasteiger partial charge in [-0.1, -0.05) is 0 Å². The number of ketones is 1. The van der Waals surface area contributed by atoms with Crippen molar-refractivity contribution in [1.29, 1.82) is 0 Å². The summed E-state index contributed by atoms with van der Waals surface area (Å²) in [7, 11) is 0. The number of hydrogen-bond acceptors (Lipinski definition) is 5. The number of nitrogens with one attached hydrogen (secondary N) is 1. The molecule has 0 bridgehead atoms. The number of Topliss-reactive ketones (excluding diaryl/α,β-unsaturated/α-hetero) is 1. The van der Waals surface area contributed by atoms with Gasteiger partial charge in [0.15, 0.2) is 0 Å². The lowest BCUT2D eigenvalue weighted by Gasteiger charge is -2.25. The highest BCUT2D eigenvalue weighted by Gasteiger charge is 2.46. The molecule has 4 heterocycles. The number of aromatic nitrogens is 2. The molecular formula is C20H22N4O4. The van der Waals surface area contributed by atoms with Crippen molar-refractivity contribution in [3.63, 3.8) is 0 Å². The van der Waals surface area contributed by atoms with Gasteiger partial charge in [-0.3, -0.25) is 14.4 Å². The van der Waals surface area contributed by atoms with Gasteiger partial charge in [-0.2, -0.15) is 0 Å². The van der Waals surface area contributed by atoms with Crippen molar-refractivity contribution in [2.75, 3.05) is 13.1 Å². The quantitative estimate of drug-likeness (QED) is 0.853. The van der Waals surface area contributed by atoms with Gasteiger partial charge in [-0.15, -0.1) is 0 Å². The van der Waals surface area contributed by atoms with E-state index in [1.807, 2.05) is 0 Å². The van der Waals surface area contributed by atoms with E-state index in [4.69, 9.17) is 0 Å². The third-order valence-corrected chi connectivity index (χ3v) is 5.69. The van der Waals surface area contributed by atoms with Crippen molar-refractivity contribution < 1.29 is 14.4 Å². The fourth-order valence-electron chi connectivity index (χ4n) is 4.32. The number of rotatable bonds is 4. The van der Waals surface area contributed by atoms with Crippen LogP contribution in [0.4, 0.5) is 0 Å². The molecule has 4 rings (SSSR count). The standard InChI is InChI=1S/C20H22N4O4/c1-12(25)4-5-17(26)23-9-6-16-15(23)7-10-24(16)20(28)14-11-13-3-2-8-21-18(13)22-19(14)27/h2-3,8,11,15-16H,4-7,9-10H2,1H3,(H,21,22,27)/t15-,16+/m1/s1. The molecule has 28 heavy (non-hydrogen) atoms. The molecule has 2 saturated heterocycles. The van der Waals surface area contributed by atoms with Gasteiger partial charge in [-0.05, 0) is 38.0 Å². The molecular weight excluding hydrogens is 360 g/mol. The Kier molecular flexibility index (Phi) is 4.70. The van der Waals surface area contributed by atoms with Crippen LogP contribution in [-0.4, -0.2) is 62.5 Å². The van der Waals surface area contributed by atoms with Crippen LogP contribution < -0.4 is 5.56 Å². The molecule has 0 radical (unpaired) electrons. The fraction of sp³-hybridized carbons (Fsp3) is 0.450. The molecule has 0 spiro atoms. The third-order valence-electron chi connectivity index (χ3n) is 5.69. The number of carbonyl (C=O) groups is 3. The van der Waals surface area contributed by atoms with E-state index in [0.29, 0.717) is 37.0 Å². The first kappa shape index (κ1) is 18.3. The van der Waals surface area contributed by atoms with Crippen LogP contribution in [0.25, 0.3) is 11.0 Å². The predicted octanol–water partition coefficient (Wildman–Crippen LogP) is 1.11. The van der Waals surface area contributed by atoms with Crippen molar-refractivity contribution in [2.24, 2.45) is 0 Å². The second-order valence-electron chi connectivity index (χ2n) is 7.45. The SMILES string of the molecule is CC(=O)CCC(=O)N1CC[C@H]2[C@H]1CCN2C(=O)c1cc2cccnc2[nH]c1=O. The summed E-state index contributed by atoms with van der Waals surface area (Å²) in [6.45, 7) is 2.57. The number of pyridine rings is 2. The monoisotopic (exact) mass is 382 g/mol. The topological polar surface area (TPSA) is 103 Å². The molecule has 1 N–H and O–H groups in total. The lowest BCUT2D eigenvalue weighted by atomic mass is 10.1. The summed E-state index contributed by atoms with van der Waals surface area (Å²) in [5, 5.41) is 0.702. The molecule has 0 aliphatic carbocycles. The molecule has 8 nitrogen and oxygen atoms in total. The second-order valence-corrected chi connectivity index (χ2v) is 7.45. The zero-order valence-corrected chi connectivity index (χ0v) is 15.7. The van der Waals surface area contributed by atoms with Crippen molar-refractivity contribution in [3.05, 3.63) is 40.3 Å². The van der Waals surface area contributed by atoms with Crippen LogP contribution in [0.2, 0.25) is 0 Å². The largest absolute Gasteiger partial charge is 0.337 e. The minimum Gasteiger partial charge on any atom is -0.337 e. The highest BCUT2D eigenvalue weighted by Crippen LogP contribution is 2.33. The fourth-order valence-corrected chi connectivity index (χ4v) is 4.32. The Balaban J connectivity index is 1.53. The Hall–Kier alpha value is -3.03. The average molecular weight is 382 g/mol. The van der Waals surface area contributed by atoms with Gasteiger partial charge in [0.1, 0.15) is 17.0 Å². The smallest absolute Gasteiger partial charge is 0.262 e. The maximum atomic E-state index is 13.1. The summed E-state index contributed by atoms with van der Waals surface area (Å²) in [5.41, 5.74) is 0.0981. The molecule has 2 atom stereocenters. The molecule has 146 valence electrons. The van der Waals surface area contributed by atoms with E-state index in [-0.39, 0.29) is 48.1 Å². The van der Waals surface area contributed by atoms with E-state index in [9.17, 15) is 19.2 Å². The van der Waals surface area contributed by atoms with Crippen molar-refractivity contribution >= 4 is 28.6 Å². The molecule has 0 aromatic carbocycles. The molecule has 0 unspecified atom stereocenters. The molecule has 2 aromatic rings. The van der Waals surface area contributed by atoms with E-state index >= 15 is 0 Å². The zero-order chi connectivity index (χ0) is 19.8. The van der Waals surface area contributed by atoms with Crippen LogP contribution >= 0.6 is 0 Å². The summed E-state index contributed by atoms with van der Waals surface area (Å²) in [6.07, 6.45) is 3.42. The van der Waals surface area contributed by atoms with Crippen molar-refractivity contribution in [1.82, 2.24) is 19.8 Å². The predicted molar refractivity (Wildman–Crippen MR) is 102 cm³/mol. The van der Waals surface area contributed by atoms with E-state index in [1.54, 1.807) is 34.2 Å². The number of amides is 2. The first-order chi connectivity index (χ1) is 13.5. The number of likely N-dealkylation sites (tertiary alicyclic amines) is 2. The normalized spacial score (nSPS) is 21.2. The molecule has 2 aromatic heterocycles. The van der Waals surface area contributed by atoms with Crippen LogP contribution in [0.3, 0.4) is 0 Å². The van der Waals surface area contributed by atoms with Crippen LogP contribution in [0.1, 0.15) is 43.0 Å². The number of H-pyrrole nitrogens is 1. The van der Waals surface area contributed by atoms with E-state index in [2.05, 4.69) is 9.97 Å². The number of nitrogens with zero attached hydrogens (tertiary/aromatic N) is 3. The van der Waals surface area contributed by atoms with Crippen molar-refractivity contribution in [2.45, 2.75) is 44.7 Å². The molecule has 2 amide bonds. The van der Waals surface area contributed by atoms with Crippen molar-refractivity contribution in [3.8, 4) is 0 Å². The summed E-state index contributed by atoms with van der Waals surface area (Å²) in [6, 6.07) is 5.01. The van der Waals surface area contributed by atoms with E-state index in [0.717, 1.165) is 0 Å². The Morgan fingerprint density at radius 2 is 1.86 bits per heavy atom. The van der Waals surface area contributed by atoms with Crippen LogP contribution in [-0.2, 0) is 9.59 Å². The number of aromatic amines is 1. The minimum atomic E-state index is -0.452. The molecule has 2 aliphatic heterocycles. The summed E-state index contributed by atoms with van der Waals surface area (Å²) in [5.74, 6) is -0.346. The van der Waals surface area contributed by atoms with Crippen LogP contribution in [0.5, 0.6) is 0 Å². The Bertz CT molecular complexity index is 1010. The van der Waals surface area contributed by atoms with Crippen LogP contribution in [0, 0.1) is 0 Å². The van der Waals surface area contributed by atoms with Gasteiger partial charge >= 0.3 is 0 Å². The van der Waals surface area contributed by atoms with E-state index < -0.39 is 5.56 Å². The molecule has 2 aliphatic rings. The van der Waals surface area contributed by atoms with E-state index in [1.165, 1.54) is 6.92 Å². The Labute approximate surface area is 161 Å². The number of fused-ring (bicyclic) bond motifs is 2. The lowest BCUT2D eigenvalue weighted by Crippen LogP contribution is -2.42. The van der Waals surface area contributed by atoms with Gasteiger partial charge in [0.25, 0.3) is 11.5 Å². The average Bonchev–Trinajstić information content (AvgIpc) is 3.27. The molecule has 8 heteroatoms. The maximum absolute atomic E-state index is 13.1. The summed E-state index contributed by atoms with van der Waals surface area (Å²) >= 11 is 0. The summed E-state index contributed by atoms with van der Waals surface area (Å²) < 4.78 is 0. The Morgan fingerprint density at radius 1 is 1.14 bits per heavy atom. The highest BCUT2D eigenvalue weighted by atomic mass is 16.2. The van der Waals surface area contributed by atoms with Crippen LogP contribution in [0.15, 0.2) is 29.2 Å². The highest BCUT2D eigenvalue weighted by molar-refractivity contribution is 5.97. The number of carbonyl (C=O) groups excluding carboxylic acids is 3. The van der Waals surface area contributed by atoms with Gasteiger partial charge in [0.2, 0.25) is 5.91 Å². The minimum absolute atomic E-state index is 0.00246. The van der Waals surface area contributed by atoms with Gasteiger partial charge in [-0.25, -0.2) is 4.98 Å².